The number of carbonyl (C=O) groups is 1. The summed E-state index contributed by atoms with van der Waals surface area (Å²) < 4.78 is 0. The lowest BCUT2D eigenvalue weighted by Crippen LogP contribution is -2.21. The van der Waals surface area contributed by atoms with Gasteiger partial charge in [-0.2, -0.15) is 0 Å². The third-order valence-electron chi connectivity index (χ3n) is 4.64. The zero-order valence-electron chi connectivity index (χ0n) is 16.2. The van der Waals surface area contributed by atoms with Crippen LogP contribution in [0.4, 0.5) is 0 Å². The Morgan fingerprint density at radius 2 is 1.00 bits per heavy atom. The zero-order chi connectivity index (χ0) is 17.7. The van der Waals surface area contributed by atoms with Gasteiger partial charge in [-0.3, -0.25) is 0 Å². The second kappa shape index (κ2) is 20.3. The van der Waals surface area contributed by atoms with Gasteiger partial charge in [-0.15, -0.1) is 0 Å². The topological polar surface area (TPSA) is 40.1 Å². The standard InChI is InChI=1S/C22H42O2/c1-2-3-4-5-6-7-8-9-10-11-12-13-14-15-16-17-18-19-20-21-22(23)24/h15-16H,2-14,17-21H2,1H3,(H,23,24)/p-1/b16-15+. The van der Waals surface area contributed by atoms with E-state index >= 15 is 0 Å². The van der Waals surface area contributed by atoms with Crippen LogP contribution in [-0.2, 0) is 4.79 Å². The second-order valence-corrected chi connectivity index (χ2v) is 7.12. The smallest absolute Gasteiger partial charge is 0.0414 e. The lowest BCUT2D eigenvalue weighted by atomic mass is 10.0. The molecule has 0 aliphatic heterocycles. The molecule has 0 rings (SSSR count). The van der Waals surface area contributed by atoms with E-state index in [0.29, 0.717) is 0 Å². The molecule has 0 amide bonds. The van der Waals surface area contributed by atoms with E-state index in [1.807, 2.05) is 0 Å². The summed E-state index contributed by atoms with van der Waals surface area (Å²) in [7, 11) is 0. The second-order valence-electron chi connectivity index (χ2n) is 7.12. The Morgan fingerprint density at radius 3 is 1.42 bits per heavy atom. The molecule has 0 aliphatic carbocycles. The van der Waals surface area contributed by atoms with Crippen molar-refractivity contribution in [3.8, 4) is 0 Å². The molecule has 0 aliphatic rings. The maximum absolute atomic E-state index is 10.3. The van der Waals surface area contributed by atoms with Gasteiger partial charge < -0.3 is 9.90 Å². The van der Waals surface area contributed by atoms with Crippen LogP contribution in [0.25, 0.3) is 0 Å². The van der Waals surface area contributed by atoms with Gasteiger partial charge in [0.15, 0.2) is 0 Å². The molecule has 0 N–H and O–H groups in total. The molecule has 0 atom stereocenters. The van der Waals surface area contributed by atoms with Gasteiger partial charge in [0.25, 0.3) is 0 Å². The number of carboxylic acid groups (broad SMARTS) is 1. The highest BCUT2D eigenvalue weighted by Gasteiger charge is 1.93. The summed E-state index contributed by atoms with van der Waals surface area (Å²) in [6.45, 7) is 2.28. The lowest BCUT2D eigenvalue weighted by Gasteiger charge is -2.02. The Bertz CT molecular complexity index is 284. The fourth-order valence-corrected chi connectivity index (χ4v) is 3.05. The van der Waals surface area contributed by atoms with E-state index in [9.17, 15) is 9.90 Å². The fourth-order valence-electron chi connectivity index (χ4n) is 3.05. The van der Waals surface area contributed by atoms with Crippen molar-refractivity contribution < 1.29 is 9.90 Å². The van der Waals surface area contributed by atoms with E-state index in [1.54, 1.807) is 0 Å². The average molecular weight is 338 g/mol. The molecule has 0 bridgehead atoms. The molecule has 0 fully saturated rings. The molecule has 0 unspecified atom stereocenters. The van der Waals surface area contributed by atoms with Crippen LogP contribution < -0.4 is 5.11 Å². The Hall–Kier alpha value is -0.790. The van der Waals surface area contributed by atoms with Crippen molar-refractivity contribution in [1.82, 2.24) is 0 Å². The normalized spacial score (nSPS) is 11.4. The molecular formula is C22H41O2-. The van der Waals surface area contributed by atoms with Crippen LogP contribution in [-0.4, -0.2) is 5.97 Å². The summed E-state index contributed by atoms with van der Waals surface area (Å²) in [5.41, 5.74) is 0. The summed E-state index contributed by atoms with van der Waals surface area (Å²) in [6.07, 6.45) is 26.8. The van der Waals surface area contributed by atoms with Crippen molar-refractivity contribution in [2.75, 3.05) is 0 Å². The molecule has 2 nitrogen and oxygen atoms in total. The first-order valence-electron chi connectivity index (χ1n) is 10.6. The third kappa shape index (κ3) is 21.2. The van der Waals surface area contributed by atoms with E-state index in [-0.39, 0.29) is 6.42 Å². The first-order chi connectivity index (χ1) is 11.8. The number of unbranched alkanes of at least 4 members (excludes halogenated alkanes) is 15. The molecule has 0 aromatic heterocycles. The number of carbonyl (C=O) groups excluding carboxylic acids is 1. The molecule has 0 aromatic rings. The molecule has 0 heterocycles. The molecule has 142 valence electrons. The van der Waals surface area contributed by atoms with Gasteiger partial charge in [0.05, 0.1) is 0 Å². The van der Waals surface area contributed by atoms with Crippen molar-refractivity contribution in [2.24, 2.45) is 0 Å². The summed E-state index contributed by atoms with van der Waals surface area (Å²) >= 11 is 0. The monoisotopic (exact) mass is 337 g/mol. The number of hydrogen-bond acceptors (Lipinski definition) is 2. The predicted octanol–water partition coefficient (Wildman–Crippen LogP) is 6.33. The number of allylic oxidation sites excluding steroid dienone is 2. The Morgan fingerprint density at radius 1 is 0.625 bits per heavy atom. The molecule has 0 spiro atoms. The van der Waals surface area contributed by atoms with Crippen LogP contribution in [0, 0.1) is 0 Å². The molecule has 2 heteroatoms. The van der Waals surface area contributed by atoms with Crippen LogP contribution in [0.2, 0.25) is 0 Å². The van der Waals surface area contributed by atoms with Crippen molar-refractivity contribution >= 4 is 5.97 Å². The summed E-state index contributed by atoms with van der Waals surface area (Å²) in [5.74, 6) is -0.919. The Balaban J connectivity index is 3.06. The van der Waals surface area contributed by atoms with Crippen molar-refractivity contribution in [2.45, 2.75) is 122 Å². The lowest BCUT2D eigenvalue weighted by molar-refractivity contribution is -0.305. The van der Waals surface area contributed by atoms with Crippen LogP contribution in [0.15, 0.2) is 12.2 Å². The van der Waals surface area contributed by atoms with Gasteiger partial charge in [-0.25, -0.2) is 0 Å². The average Bonchev–Trinajstić information content (AvgIpc) is 2.56. The summed E-state index contributed by atoms with van der Waals surface area (Å²) in [4.78, 5) is 10.3. The van der Waals surface area contributed by atoms with Crippen molar-refractivity contribution in [3.05, 3.63) is 12.2 Å². The number of hydrogen-bond donors (Lipinski definition) is 0. The maximum Gasteiger partial charge on any atom is 0.0414 e. The molecule has 0 saturated heterocycles. The SMILES string of the molecule is CCCCCCCCCCCCCC/C=C/CCCCCC(=O)[O-]. The molecular weight excluding hydrogens is 296 g/mol. The third-order valence-corrected chi connectivity index (χ3v) is 4.64. The molecule has 0 radical (unpaired) electrons. The van der Waals surface area contributed by atoms with Gasteiger partial charge in [-0.05, 0) is 38.5 Å². The van der Waals surface area contributed by atoms with Crippen LogP contribution in [0.5, 0.6) is 0 Å². The molecule has 24 heavy (non-hydrogen) atoms. The highest BCUT2D eigenvalue weighted by atomic mass is 16.4. The first-order valence-corrected chi connectivity index (χ1v) is 10.6. The highest BCUT2D eigenvalue weighted by molar-refractivity contribution is 5.63. The highest BCUT2D eigenvalue weighted by Crippen LogP contribution is 2.12. The predicted molar refractivity (Wildman–Crippen MR) is 103 cm³/mol. The minimum atomic E-state index is -0.919. The number of aliphatic carboxylic acids is 1. The largest absolute Gasteiger partial charge is 0.550 e. The van der Waals surface area contributed by atoms with E-state index in [0.717, 1.165) is 25.7 Å². The van der Waals surface area contributed by atoms with E-state index in [1.165, 1.54) is 83.5 Å². The van der Waals surface area contributed by atoms with E-state index < -0.39 is 5.97 Å². The van der Waals surface area contributed by atoms with Gasteiger partial charge in [0.1, 0.15) is 0 Å². The van der Waals surface area contributed by atoms with Gasteiger partial charge in [-0.1, -0.05) is 96.1 Å². The molecule has 0 saturated carbocycles. The van der Waals surface area contributed by atoms with Gasteiger partial charge in [0.2, 0.25) is 0 Å². The first kappa shape index (κ1) is 23.2. The summed E-state index contributed by atoms with van der Waals surface area (Å²) in [6, 6.07) is 0. The number of carboxylic acids is 1. The summed E-state index contributed by atoms with van der Waals surface area (Å²) in [5, 5.41) is 10.3. The number of rotatable bonds is 19. The molecule has 0 aromatic carbocycles. The Kier molecular flexibility index (Phi) is 19.6. The van der Waals surface area contributed by atoms with Crippen LogP contribution in [0.1, 0.15) is 122 Å². The Labute approximate surface area is 151 Å². The van der Waals surface area contributed by atoms with Crippen molar-refractivity contribution in [3.63, 3.8) is 0 Å². The fraction of sp³-hybridized carbons (Fsp3) is 0.864. The minimum Gasteiger partial charge on any atom is -0.550 e. The minimum absolute atomic E-state index is 0.211. The van der Waals surface area contributed by atoms with Crippen LogP contribution >= 0.6 is 0 Å². The van der Waals surface area contributed by atoms with E-state index in [2.05, 4.69) is 19.1 Å². The van der Waals surface area contributed by atoms with Crippen LogP contribution in [0.3, 0.4) is 0 Å². The quantitative estimate of drug-likeness (QED) is 0.204. The zero-order valence-corrected chi connectivity index (χ0v) is 16.2. The maximum atomic E-state index is 10.3. The van der Waals surface area contributed by atoms with Crippen molar-refractivity contribution in [1.29, 1.82) is 0 Å². The van der Waals surface area contributed by atoms with E-state index in [4.69, 9.17) is 0 Å². The van der Waals surface area contributed by atoms with Gasteiger partial charge >= 0.3 is 0 Å². The van der Waals surface area contributed by atoms with Gasteiger partial charge in [0, 0.05) is 5.97 Å².